The van der Waals surface area contributed by atoms with Crippen molar-refractivity contribution in [3.8, 4) is 0 Å². The zero-order valence-corrected chi connectivity index (χ0v) is 11.9. The van der Waals surface area contributed by atoms with Crippen LogP contribution in [-0.4, -0.2) is 61.0 Å². The second-order valence-electron chi connectivity index (χ2n) is 5.91. The first-order valence-electron chi connectivity index (χ1n) is 6.55. The molecule has 1 rings (SSSR count). The van der Waals surface area contributed by atoms with Crippen molar-refractivity contribution in [3.05, 3.63) is 0 Å². The van der Waals surface area contributed by atoms with Gasteiger partial charge in [0.1, 0.15) is 0 Å². The fourth-order valence-corrected chi connectivity index (χ4v) is 2.39. The highest BCUT2D eigenvalue weighted by Gasteiger charge is 2.35. The first kappa shape index (κ1) is 14.5. The smallest absolute Gasteiger partial charge is 0.242 e. The highest BCUT2D eigenvalue weighted by Crippen LogP contribution is 2.15. The van der Waals surface area contributed by atoms with Crippen molar-refractivity contribution in [1.29, 1.82) is 0 Å². The third-order valence-corrected chi connectivity index (χ3v) is 3.29. The van der Waals surface area contributed by atoms with E-state index >= 15 is 0 Å². The lowest BCUT2D eigenvalue weighted by molar-refractivity contribution is -0.136. The van der Waals surface area contributed by atoms with Crippen molar-refractivity contribution in [3.63, 3.8) is 0 Å². The molecule has 4 heteroatoms. The van der Waals surface area contributed by atoms with Gasteiger partial charge in [0.15, 0.2) is 0 Å². The molecule has 1 saturated heterocycles. The van der Waals surface area contributed by atoms with Crippen LogP contribution in [0.25, 0.3) is 0 Å². The summed E-state index contributed by atoms with van der Waals surface area (Å²) in [7, 11) is 4.13. The third-order valence-electron chi connectivity index (χ3n) is 3.29. The minimum atomic E-state index is -0.423. The summed E-state index contributed by atoms with van der Waals surface area (Å²) in [5, 5.41) is 3.40. The van der Waals surface area contributed by atoms with Crippen LogP contribution >= 0.6 is 0 Å². The Labute approximate surface area is 105 Å². The molecule has 0 aromatic rings. The number of nitrogens with zero attached hydrogens (tertiary/aromatic N) is 2. The number of nitrogens with one attached hydrogen (secondary N) is 1. The van der Waals surface area contributed by atoms with E-state index in [-0.39, 0.29) is 5.91 Å². The maximum Gasteiger partial charge on any atom is 0.242 e. The predicted octanol–water partition coefficient (Wildman–Crippen LogP) is 0.927. The predicted molar refractivity (Wildman–Crippen MR) is 71.0 cm³/mol. The molecule has 1 atom stereocenters. The number of hydrogen-bond donors (Lipinski definition) is 1. The molecule has 100 valence electrons. The highest BCUT2D eigenvalue weighted by atomic mass is 16.2. The Hall–Kier alpha value is -0.610. The molecule has 0 bridgehead atoms. The standard InChI is InChI=1S/C13H27N3O/c1-11-7-10-16(9-6-8-15(4)5)12(17)13(2,3)14-11/h11,14H,6-10H2,1-5H3. The molecule has 0 aromatic carbocycles. The fourth-order valence-electron chi connectivity index (χ4n) is 2.39. The molecule has 0 saturated carbocycles. The zero-order valence-electron chi connectivity index (χ0n) is 11.9. The maximum absolute atomic E-state index is 12.3. The van der Waals surface area contributed by atoms with Gasteiger partial charge in [-0.05, 0) is 54.3 Å². The van der Waals surface area contributed by atoms with E-state index in [1.807, 2.05) is 18.7 Å². The average Bonchev–Trinajstić information content (AvgIpc) is 2.28. The van der Waals surface area contributed by atoms with E-state index in [0.29, 0.717) is 6.04 Å². The Morgan fingerprint density at radius 2 is 2.12 bits per heavy atom. The minimum Gasteiger partial charge on any atom is -0.341 e. The molecule has 0 aromatic heterocycles. The third kappa shape index (κ3) is 4.28. The van der Waals surface area contributed by atoms with Crippen LogP contribution in [0, 0.1) is 0 Å². The second kappa shape index (κ2) is 5.83. The van der Waals surface area contributed by atoms with Crippen molar-refractivity contribution in [2.75, 3.05) is 33.7 Å². The molecule has 0 aliphatic carbocycles. The molecule has 1 aliphatic heterocycles. The summed E-state index contributed by atoms with van der Waals surface area (Å²) in [6, 6.07) is 0.410. The molecule has 17 heavy (non-hydrogen) atoms. The summed E-state index contributed by atoms with van der Waals surface area (Å²) in [6.45, 7) is 8.90. The topological polar surface area (TPSA) is 35.6 Å². The molecule has 1 N–H and O–H groups in total. The minimum absolute atomic E-state index is 0.237. The molecule has 4 nitrogen and oxygen atoms in total. The second-order valence-corrected chi connectivity index (χ2v) is 5.91. The molecule has 1 fully saturated rings. The van der Waals surface area contributed by atoms with Crippen molar-refractivity contribution < 1.29 is 4.79 Å². The van der Waals surface area contributed by atoms with Gasteiger partial charge in [0.2, 0.25) is 5.91 Å². The number of rotatable bonds is 4. The van der Waals surface area contributed by atoms with E-state index in [0.717, 1.165) is 32.5 Å². The first-order valence-corrected chi connectivity index (χ1v) is 6.55. The lowest BCUT2D eigenvalue weighted by Crippen LogP contribution is -2.53. The summed E-state index contributed by atoms with van der Waals surface area (Å²) in [6.07, 6.45) is 2.08. The van der Waals surface area contributed by atoms with E-state index in [9.17, 15) is 4.79 Å². The van der Waals surface area contributed by atoms with Crippen molar-refractivity contribution in [1.82, 2.24) is 15.1 Å². The van der Waals surface area contributed by atoms with E-state index in [2.05, 4.69) is 31.2 Å². The van der Waals surface area contributed by atoms with Crippen LogP contribution in [0.2, 0.25) is 0 Å². The number of carbonyl (C=O) groups excluding carboxylic acids is 1. The van der Waals surface area contributed by atoms with Gasteiger partial charge in [-0.25, -0.2) is 0 Å². The van der Waals surface area contributed by atoms with Crippen LogP contribution in [0.15, 0.2) is 0 Å². The Bertz CT molecular complexity index is 263. The number of hydrogen-bond acceptors (Lipinski definition) is 3. The Morgan fingerprint density at radius 1 is 1.47 bits per heavy atom. The fraction of sp³-hybridized carbons (Fsp3) is 0.923. The Balaban J connectivity index is 2.55. The summed E-state index contributed by atoms with van der Waals surface area (Å²) in [5.74, 6) is 0.237. The maximum atomic E-state index is 12.3. The first-order chi connectivity index (χ1) is 7.83. The van der Waals surface area contributed by atoms with Crippen LogP contribution < -0.4 is 5.32 Å². The zero-order chi connectivity index (χ0) is 13.1. The van der Waals surface area contributed by atoms with E-state index in [4.69, 9.17) is 0 Å². The van der Waals surface area contributed by atoms with E-state index in [1.165, 1.54) is 0 Å². The van der Waals surface area contributed by atoms with Gasteiger partial charge < -0.3 is 15.1 Å². The molecular formula is C13H27N3O. The monoisotopic (exact) mass is 241 g/mol. The van der Waals surface area contributed by atoms with E-state index in [1.54, 1.807) is 0 Å². The van der Waals surface area contributed by atoms with Gasteiger partial charge in [-0.3, -0.25) is 4.79 Å². The summed E-state index contributed by atoms with van der Waals surface area (Å²) < 4.78 is 0. The lowest BCUT2D eigenvalue weighted by atomic mass is 10.0. The van der Waals surface area contributed by atoms with Gasteiger partial charge in [0.25, 0.3) is 0 Å². The molecule has 0 radical (unpaired) electrons. The normalized spacial score (nSPS) is 25.2. The Kier molecular flexibility index (Phi) is 4.95. The van der Waals surface area contributed by atoms with Crippen LogP contribution in [0.1, 0.15) is 33.6 Å². The van der Waals surface area contributed by atoms with Crippen LogP contribution in [0.4, 0.5) is 0 Å². The molecule has 1 aliphatic rings. The Morgan fingerprint density at radius 3 is 2.71 bits per heavy atom. The molecule has 0 spiro atoms. The van der Waals surface area contributed by atoms with Gasteiger partial charge >= 0.3 is 0 Å². The van der Waals surface area contributed by atoms with Crippen molar-refractivity contribution >= 4 is 5.91 Å². The van der Waals surface area contributed by atoms with Gasteiger partial charge in [0, 0.05) is 19.1 Å². The number of amides is 1. The molecule has 1 unspecified atom stereocenters. The lowest BCUT2D eigenvalue weighted by Gasteiger charge is -2.30. The quantitative estimate of drug-likeness (QED) is 0.795. The molecule has 1 amide bonds. The van der Waals surface area contributed by atoms with Crippen LogP contribution in [0.5, 0.6) is 0 Å². The van der Waals surface area contributed by atoms with Crippen LogP contribution in [0.3, 0.4) is 0 Å². The average molecular weight is 241 g/mol. The SMILES string of the molecule is CC1CCN(CCCN(C)C)C(=O)C(C)(C)N1. The van der Waals surface area contributed by atoms with Gasteiger partial charge in [0.05, 0.1) is 5.54 Å². The molecular weight excluding hydrogens is 214 g/mol. The van der Waals surface area contributed by atoms with Crippen LogP contribution in [-0.2, 0) is 4.79 Å². The summed E-state index contributed by atoms with van der Waals surface area (Å²) in [5.41, 5.74) is -0.423. The highest BCUT2D eigenvalue weighted by molar-refractivity contribution is 5.85. The largest absolute Gasteiger partial charge is 0.341 e. The number of carbonyl (C=O) groups is 1. The van der Waals surface area contributed by atoms with E-state index < -0.39 is 5.54 Å². The van der Waals surface area contributed by atoms with Gasteiger partial charge in [-0.15, -0.1) is 0 Å². The summed E-state index contributed by atoms with van der Waals surface area (Å²) in [4.78, 5) is 16.5. The van der Waals surface area contributed by atoms with Crippen molar-refractivity contribution in [2.45, 2.75) is 45.2 Å². The molecule has 1 heterocycles. The van der Waals surface area contributed by atoms with Gasteiger partial charge in [-0.1, -0.05) is 0 Å². The summed E-state index contributed by atoms with van der Waals surface area (Å²) >= 11 is 0. The van der Waals surface area contributed by atoms with Gasteiger partial charge in [-0.2, -0.15) is 0 Å². The van der Waals surface area contributed by atoms with Crippen molar-refractivity contribution in [2.24, 2.45) is 0 Å².